The van der Waals surface area contributed by atoms with Crippen LogP contribution >= 0.6 is 0 Å². The molecule has 0 aromatic heterocycles. The number of halogens is 3. The van der Waals surface area contributed by atoms with E-state index in [9.17, 15) is 27.6 Å². The summed E-state index contributed by atoms with van der Waals surface area (Å²) in [6.07, 6.45) is -5.17. The third kappa shape index (κ3) is 5.94. The van der Waals surface area contributed by atoms with Gasteiger partial charge in [-0.3, -0.25) is 14.4 Å². The van der Waals surface area contributed by atoms with Crippen LogP contribution in [0.3, 0.4) is 0 Å². The molecule has 7 nitrogen and oxygen atoms in total. The minimum absolute atomic E-state index is 0.0155. The van der Waals surface area contributed by atoms with Gasteiger partial charge in [0.05, 0.1) is 6.10 Å². The number of alkyl halides is 3. The van der Waals surface area contributed by atoms with Crippen molar-refractivity contribution in [3.63, 3.8) is 0 Å². The van der Waals surface area contributed by atoms with Crippen molar-refractivity contribution in [3.8, 4) is 5.75 Å². The van der Waals surface area contributed by atoms with E-state index < -0.39 is 41.6 Å². The van der Waals surface area contributed by atoms with Gasteiger partial charge in [-0.25, -0.2) is 0 Å². The molecule has 2 rings (SSSR count). The molecule has 0 spiro atoms. The highest BCUT2D eigenvalue weighted by atomic mass is 19.4. The van der Waals surface area contributed by atoms with Gasteiger partial charge in [0.25, 0.3) is 5.91 Å². The van der Waals surface area contributed by atoms with Crippen molar-refractivity contribution in [2.75, 3.05) is 6.61 Å². The van der Waals surface area contributed by atoms with E-state index in [1.165, 1.54) is 12.1 Å². The summed E-state index contributed by atoms with van der Waals surface area (Å²) in [6.45, 7) is 6.78. The number of hydrogen-bond acceptors (Lipinski definition) is 5. The van der Waals surface area contributed by atoms with Gasteiger partial charge in [0, 0.05) is 5.56 Å². The standard InChI is InChI=1S/C20H25F3N2O5/c1-11(2)8-15(18(28)25-19(4)12(3)29-10-16(19)26)24-17(27)13-6-5-7-14(9-13)30-20(21,22)23/h5-7,9,11-12,15H,8,10H2,1-4H3,(H,24,27)(H,25,28)/t12-,15-,19-/m1/s1. The molecule has 1 aromatic carbocycles. The highest BCUT2D eigenvalue weighted by Gasteiger charge is 2.47. The van der Waals surface area contributed by atoms with Gasteiger partial charge in [0.2, 0.25) is 5.91 Å². The van der Waals surface area contributed by atoms with E-state index in [-0.39, 0.29) is 30.3 Å². The van der Waals surface area contributed by atoms with Crippen molar-refractivity contribution in [1.82, 2.24) is 10.6 Å². The van der Waals surface area contributed by atoms with Crippen LogP contribution < -0.4 is 15.4 Å². The molecule has 0 radical (unpaired) electrons. The van der Waals surface area contributed by atoms with E-state index in [2.05, 4.69) is 15.4 Å². The maximum atomic E-state index is 12.8. The van der Waals surface area contributed by atoms with Crippen molar-refractivity contribution in [3.05, 3.63) is 29.8 Å². The first kappa shape index (κ1) is 23.7. The van der Waals surface area contributed by atoms with Gasteiger partial charge in [0.1, 0.15) is 23.9 Å². The molecule has 0 saturated carbocycles. The highest BCUT2D eigenvalue weighted by molar-refractivity contribution is 6.00. The molecule has 1 saturated heterocycles. The molecular formula is C20H25F3N2O5. The third-order valence-corrected chi connectivity index (χ3v) is 4.90. The Morgan fingerprint density at radius 2 is 2.00 bits per heavy atom. The van der Waals surface area contributed by atoms with Crippen LogP contribution in [0, 0.1) is 5.92 Å². The van der Waals surface area contributed by atoms with Crippen molar-refractivity contribution in [2.45, 2.75) is 58.2 Å². The number of ether oxygens (including phenoxy) is 2. The molecule has 1 aromatic rings. The van der Waals surface area contributed by atoms with Crippen LogP contribution in [-0.2, 0) is 14.3 Å². The van der Waals surface area contributed by atoms with Crippen LogP contribution in [0.15, 0.2) is 24.3 Å². The molecule has 10 heteroatoms. The number of ketones is 1. The Kier molecular flexibility index (Phi) is 7.12. The van der Waals surface area contributed by atoms with Crippen molar-refractivity contribution in [2.24, 2.45) is 5.92 Å². The molecule has 1 fully saturated rings. The summed E-state index contributed by atoms with van der Waals surface area (Å²) >= 11 is 0. The lowest BCUT2D eigenvalue weighted by atomic mass is 9.92. The first-order valence-corrected chi connectivity index (χ1v) is 9.45. The summed E-state index contributed by atoms with van der Waals surface area (Å²) < 4.78 is 46.4. The van der Waals surface area contributed by atoms with Gasteiger partial charge in [0.15, 0.2) is 5.78 Å². The van der Waals surface area contributed by atoms with Crippen LogP contribution in [0.4, 0.5) is 13.2 Å². The van der Waals surface area contributed by atoms with Gasteiger partial charge in [-0.1, -0.05) is 19.9 Å². The maximum Gasteiger partial charge on any atom is 0.573 e. The largest absolute Gasteiger partial charge is 0.573 e. The van der Waals surface area contributed by atoms with Gasteiger partial charge in [-0.15, -0.1) is 13.2 Å². The fourth-order valence-electron chi connectivity index (χ4n) is 3.04. The topological polar surface area (TPSA) is 93.7 Å². The van der Waals surface area contributed by atoms with Crippen molar-refractivity contribution >= 4 is 17.6 Å². The predicted molar refractivity (Wildman–Crippen MR) is 101 cm³/mol. The highest BCUT2D eigenvalue weighted by Crippen LogP contribution is 2.24. The first-order chi connectivity index (χ1) is 13.8. The lowest BCUT2D eigenvalue weighted by molar-refractivity contribution is -0.274. The Morgan fingerprint density at radius 1 is 1.33 bits per heavy atom. The van der Waals surface area contributed by atoms with Gasteiger partial charge >= 0.3 is 6.36 Å². The predicted octanol–water partition coefficient (Wildman–Crippen LogP) is 2.59. The number of carbonyl (C=O) groups excluding carboxylic acids is 3. The minimum Gasteiger partial charge on any atom is -0.406 e. The smallest absolute Gasteiger partial charge is 0.406 e. The molecule has 3 atom stereocenters. The average Bonchev–Trinajstić information content (AvgIpc) is 2.86. The number of hydrogen-bond donors (Lipinski definition) is 2. The van der Waals surface area contributed by atoms with Crippen LogP contribution in [0.1, 0.15) is 44.5 Å². The van der Waals surface area contributed by atoms with Crippen molar-refractivity contribution in [1.29, 1.82) is 0 Å². The number of amides is 2. The molecular weight excluding hydrogens is 405 g/mol. The van der Waals surface area contributed by atoms with Crippen molar-refractivity contribution < 1.29 is 37.0 Å². The quantitative estimate of drug-likeness (QED) is 0.694. The van der Waals surface area contributed by atoms with E-state index in [1.54, 1.807) is 13.8 Å². The number of nitrogens with one attached hydrogen (secondary N) is 2. The summed E-state index contributed by atoms with van der Waals surface area (Å²) in [6, 6.07) is 3.55. The molecule has 1 heterocycles. The SMILES string of the molecule is CC(C)C[C@@H](NC(=O)c1cccc(OC(F)(F)F)c1)C(=O)N[C@@]1(C)C(=O)CO[C@@H]1C. The Hall–Kier alpha value is -2.62. The lowest BCUT2D eigenvalue weighted by Crippen LogP contribution is -2.60. The number of benzene rings is 1. The molecule has 30 heavy (non-hydrogen) atoms. The monoisotopic (exact) mass is 430 g/mol. The summed E-state index contributed by atoms with van der Waals surface area (Å²) in [5.41, 5.74) is -1.32. The van der Waals surface area contributed by atoms with Crippen LogP contribution in [0.2, 0.25) is 0 Å². The molecule has 0 bridgehead atoms. The van der Waals surface area contributed by atoms with Gasteiger partial charge in [-0.2, -0.15) is 0 Å². The van der Waals surface area contributed by atoms with E-state index in [4.69, 9.17) is 4.74 Å². The molecule has 166 valence electrons. The van der Waals surface area contributed by atoms with E-state index in [1.807, 2.05) is 13.8 Å². The Bertz CT molecular complexity index is 812. The van der Waals surface area contributed by atoms with Crippen LogP contribution in [0.5, 0.6) is 5.75 Å². The van der Waals surface area contributed by atoms with E-state index in [0.717, 1.165) is 12.1 Å². The second-order valence-corrected chi connectivity index (χ2v) is 7.80. The third-order valence-electron chi connectivity index (χ3n) is 4.90. The van der Waals surface area contributed by atoms with Gasteiger partial charge in [-0.05, 0) is 44.4 Å². The van der Waals surface area contributed by atoms with Crippen LogP contribution in [-0.4, -0.2) is 48.3 Å². The normalized spacial score (nSPS) is 22.7. The maximum absolute atomic E-state index is 12.8. The molecule has 0 unspecified atom stereocenters. The first-order valence-electron chi connectivity index (χ1n) is 9.45. The van der Waals surface area contributed by atoms with Gasteiger partial charge < -0.3 is 20.1 Å². The Balaban J connectivity index is 2.16. The number of carbonyl (C=O) groups is 3. The number of Topliss-reactive ketones (excluding diaryl/α,β-unsaturated/α-hetero) is 1. The summed E-state index contributed by atoms with van der Waals surface area (Å²) in [4.78, 5) is 37.6. The number of rotatable bonds is 7. The Morgan fingerprint density at radius 3 is 2.53 bits per heavy atom. The molecule has 0 aliphatic carbocycles. The molecule has 1 aliphatic rings. The second kappa shape index (κ2) is 9.03. The fraction of sp³-hybridized carbons (Fsp3) is 0.550. The zero-order valence-corrected chi connectivity index (χ0v) is 17.1. The van der Waals surface area contributed by atoms with E-state index in [0.29, 0.717) is 0 Å². The summed E-state index contributed by atoms with van der Waals surface area (Å²) in [7, 11) is 0. The Labute approximate surface area is 172 Å². The average molecular weight is 430 g/mol. The molecule has 2 N–H and O–H groups in total. The zero-order chi connectivity index (χ0) is 22.7. The lowest BCUT2D eigenvalue weighted by Gasteiger charge is -2.30. The van der Waals surface area contributed by atoms with E-state index >= 15 is 0 Å². The molecule has 1 aliphatic heterocycles. The zero-order valence-electron chi connectivity index (χ0n) is 17.1. The second-order valence-electron chi connectivity index (χ2n) is 7.80. The van der Waals surface area contributed by atoms with Crippen LogP contribution in [0.25, 0.3) is 0 Å². The minimum atomic E-state index is -4.89. The summed E-state index contributed by atoms with van der Waals surface area (Å²) in [5, 5.41) is 5.19. The fourth-order valence-corrected chi connectivity index (χ4v) is 3.04. The molecule has 2 amide bonds. The summed E-state index contributed by atoms with van der Waals surface area (Å²) in [5.74, 6) is -2.13.